The topological polar surface area (TPSA) is 46.3 Å². The minimum absolute atomic E-state index is 0.241. The molecule has 0 bridgehead atoms. The Morgan fingerprint density at radius 2 is 1.93 bits per heavy atom. The van der Waals surface area contributed by atoms with Crippen molar-refractivity contribution in [1.29, 1.82) is 0 Å². The molecule has 0 amide bonds. The summed E-state index contributed by atoms with van der Waals surface area (Å²) in [6.45, 7) is 1.93. The van der Waals surface area contributed by atoms with E-state index in [2.05, 4.69) is 32.3 Å². The van der Waals surface area contributed by atoms with Crippen molar-refractivity contribution in [3.63, 3.8) is 0 Å². The molecule has 4 heterocycles. The predicted octanol–water partition coefficient (Wildman–Crippen LogP) is 4.27. The van der Waals surface area contributed by atoms with Crippen LogP contribution in [0.4, 0.5) is 4.39 Å². The fourth-order valence-corrected chi connectivity index (χ4v) is 4.04. The molecule has 0 N–H and O–H groups in total. The first-order chi connectivity index (χ1) is 13.8. The molecule has 0 radical (unpaired) electrons. The summed E-state index contributed by atoms with van der Waals surface area (Å²) >= 11 is 0. The van der Waals surface area contributed by atoms with Gasteiger partial charge in [-0.25, -0.2) is 8.91 Å². The Labute approximate surface area is 162 Å². The molecule has 1 aliphatic heterocycles. The molecule has 1 fully saturated rings. The van der Waals surface area contributed by atoms with Crippen LogP contribution in [0.25, 0.3) is 16.6 Å². The van der Waals surface area contributed by atoms with Crippen LogP contribution in [0.5, 0.6) is 0 Å². The van der Waals surface area contributed by atoms with Crippen LogP contribution in [0.3, 0.4) is 0 Å². The summed E-state index contributed by atoms with van der Waals surface area (Å²) in [5.74, 6) is -0.241. The van der Waals surface area contributed by atoms with Gasteiger partial charge in [0.25, 0.3) is 0 Å². The molecule has 28 heavy (non-hydrogen) atoms. The van der Waals surface area contributed by atoms with E-state index < -0.39 is 0 Å². The SMILES string of the molecule is Fc1cccc(-c2ccc3c(C4CCCN4Cc4ccncc4)nnn3c2)c1. The zero-order chi connectivity index (χ0) is 18.9. The van der Waals surface area contributed by atoms with Crippen LogP contribution in [0.1, 0.15) is 30.1 Å². The number of nitrogens with zero attached hydrogens (tertiary/aromatic N) is 5. The first-order valence-electron chi connectivity index (χ1n) is 9.52. The number of likely N-dealkylation sites (tertiary alicyclic amines) is 1. The Bertz CT molecular complexity index is 1110. The lowest BCUT2D eigenvalue weighted by atomic mass is 10.1. The molecule has 5 nitrogen and oxygen atoms in total. The van der Waals surface area contributed by atoms with Crippen LogP contribution in [-0.4, -0.2) is 31.3 Å². The van der Waals surface area contributed by atoms with Crippen LogP contribution in [-0.2, 0) is 6.54 Å². The molecule has 0 saturated carbocycles. The van der Waals surface area contributed by atoms with Gasteiger partial charge in [-0.2, -0.15) is 0 Å². The van der Waals surface area contributed by atoms with Gasteiger partial charge in [0, 0.05) is 30.7 Å². The number of benzene rings is 1. The summed E-state index contributed by atoms with van der Waals surface area (Å²) in [6.07, 6.45) is 7.81. The van der Waals surface area contributed by atoms with Gasteiger partial charge in [-0.15, -0.1) is 5.10 Å². The fraction of sp³-hybridized carbons (Fsp3) is 0.227. The first-order valence-corrected chi connectivity index (χ1v) is 9.52. The summed E-state index contributed by atoms with van der Waals surface area (Å²) in [5, 5.41) is 8.86. The van der Waals surface area contributed by atoms with Gasteiger partial charge in [0.2, 0.25) is 0 Å². The number of pyridine rings is 2. The third-order valence-electron chi connectivity index (χ3n) is 5.41. The summed E-state index contributed by atoms with van der Waals surface area (Å²) in [7, 11) is 0. The number of hydrogen-bond donors (Lipinski definition) is 0. The van der Waals surface area contributed by atoms with Crippen molar-refractivity contribution in [2.75, 3.05) is 6.54 Å². The summed E-state index contributed by atoms with van der Waals surface area (Å²) < 4.78 is 15.4. The first kappa shape index (κ1) is 17.0. The third kappa shape index (κ3) is 3.16. The van der Waals surface area contributed by atoms with E-state index >= 15 is 0 Å². The number of halogens is 1. The molecule has 6 heteroatoms. The van der Waals surface area contributed by atoms with Crippen LogP contribution in [0.15, 0.2) is 67.1 Å². The molecular formula is C22H20FN5. The second-order valence-corrected chi connectivity index (χ2v) is 7.22. The van der Waals surface area contributed by atoms with E-state index in [9.17, 15) is 4.39 Å². The Hall–Kier alpha value is -3.12. The molecule has 1 aliphatic rings. The van der Waals surface area contributed by atoms with Crippen molar-refractivity contribution in [1.82, 2.24) is 24.7 Å². The van der Waals surface area contributed by atoms with E-state index in [0.29, 0.717) is 0 Å². The van der Waals surface area contributed by atoms with E-state index in [1.165, 1.54) is 17.7 Å². The lowest BCUT2D eigenvalue weighted by Gasteiger charge is -2.23. The quantitative estimate of drug-likeness (QED) is 0.536. The van der Waals surface area contributed by atoms with Crippen molar-refractivity contribution < 1.29 is 4.39 Å². The zero-order valence-electron chi connectivity index (χ0n) is 15.4. The van der Waals surface area contributed by atoms with Crippen LogP contribution >= 0.6 is 0 Å². The van der Waals surface area contributed by atoms with E-state index in [1.54, 1.807) is 10.6 Å². The second kappa shape index (κ2) is 7.13. The highest BCUT2D eigenvalue weighted by atomic mass is 19.1. The van der Waals surface area contributed by atoms with E-state index in [0.717, 1.165) is 48.3 Å². The predicted molar refractivity (Wildman–Crippen MR) is 105 cm³/mol. The van der Waals surface area contributed by atoms with Crippen LogP contribution < -0.4 is 0 Å². The van der Waals surface area contributed by atoms with Gasteiger partial charge in [-0.05, 0) is 60.8 Å². The van der Waals surface area contributed by atoms with E-state index in [4.69, 9.17) is 0 Å². The highest BCUT2D eigenvalue weighted by molar-refractivity contribution is 5.66. The van der Waals surface area contributed by atoms with Gasteiger partial charge < -0.3 is 0 Å². The number of fused-ring (bicyclic) bond motifs is 1. The third-order valence-corrected chi connectivity index (χ3v) is 5.41. The lowest BCUT2D eigenvalue weighted by molar-refractivity contribution is 0.245. The molecule has 1 atom stereocenters. The van der Waals surface area contributed by atoms with Crippen molar-refractivity contribution >= 4 is 5.52 Å². The van der Waals surface area contributed by atoms with Crippen molar-refractivity contribution in [3.8, 4) is 11.1 Å². The highest BCUT2D eigenvalue weighted by Gasteiger charge is 2.29. The Morgan fingerprint density at radius 3 is 2.79 bits per heavy atom. The molecule has 3 aromatic heterocycles. The van der Waals surface area contributed by atoms with Crippen molar-refractivity contribution in [3.05, 3.63) is 84.2 Å². The molecule has 1 aromatic carbocycles. The molecule has 1 unspecified atom stereocenters. The average molecular weight is 373 g/mol. The molecule has 140 valence electrons. The number of aromatic nitrogens is 4. The zero-order valence-corrected chi connectivity index (χ0v) is 15.4. The van der Waals surface area contributed by atoms with Gasteiger partial charge in [-0.3, -0.25) is 9.88 Å². The van der Waals surface area contributed by atoms with Gasteiger partial charge >= 0.3 is 0 Å². The maximum absolute atomic E-state index is 13.6. The highest BCUT2D eigenvalue weighted by Crippen LogP contribution is 2.34. The number of hydrogen-bond acceptors (Lipinski definition) is 4. The smallest absolute Gasteiger partial charge is 0.123 e. The summed E-state index contributed by atoms with van der Waals surface area (Å²) in [6, 6.07) is 15.0. The fourth-order valence-electron chi connectivity index (χ4n) is 4.04. The average Bonchev–Trinajstić information content (AvgIpc) is 3.34. The number of rotatable bonds is 4. The lowest BCUT2D eigenvalue weighted by Crippen LogP contribution is -2.23. The van der Waals surface area contributed by atoms with E-state index in [1.807, 2.05) is 36.8 Å². The van der Waals surface area contributed by atoms with Gasteiger partial charge in [-0.1, -0.05) is 23.4 Å². The second-order valence-electron chi connectivity index (χ2n) is 7.22. The molecule has 0 aliphatic carbocycles. The Balaban J connectivity index is 1.46. The van der Waals surface area contributed by atoms with Gasteiger partial charge in [0.1, 0.15) is 11.5 Å². The standard InChI is InChI=1S/C22H20FN5/c23-19-4-1-3-17(13-19)18-6-7-21-22(25-26-28(21)15-18)20-5-2-12-27(20)14-16-8-10-24-11-9-16/h1,3-4,6-11,13,15,20H,2,5,12,14H2. The normalized spacial score (nSPS) is 17.4. The Morgan fingerprint density at radius 1 is 1.04 bits per heavy atom. The maximum atomic E-state index is 13.6. The van der Waals surface area contributed by atoms with Crippen molar-refractivity contribution in [2.45, 2.75) is 25.4 Å². The van der Waals surface area contributed by atoms with Gasteiger partial charge in [0.05, 0.1) is 11.6 Å². The van der Waals surface area contributed by atoms with Gasteiger partial charge in [0.15, 0.2) is 0 Å². The molecule has 0 spiro atoms. The molecule has 1 saturated heterocycles. The molecule has 4 aromatic rings. The van der Waals surface area contributed by atoms with Crippen LogP contribution in [0, 0.1) is 5.82 Å². The monoisotopic (exact) mass is 373 g/mol. The minimum atomic E-state index is -0.241. The Kier molecular flexibility index (Phi) is 4.33. The van der Waals surface area contributed by atoms with Crippen LogP contribution in [0.2, 0.25) is 0 Å². The summed E-state index contributed by atoms with van der Waals surface area (Å²) in [5.41, 5.74) is 5.03. The van der Waals surface area contributed by atoms with Crippen molar-refractivity contribution in [2.24, 2.45) is 0 Å². The largest absolute Gasteiger partial charge is 0.290 e. The maximum Gasteiger partial charge on any atom is 0.123 e. The minimum Gasteiger partial charge on any atom is -0.290 e. The summed E-state index contributed by atoms with van der Waals surface area (Å²) in [4.78, 5) is 6.56. The molecular weight excluding hydrogens is 353 g/mol. The van der Waals surface area contributed by atoms with E-state index in [-0.39, 0.29) is 11.9 Å². The molecule has 5 rings (SSSR count).